The summed E-state index contributed by atoms with van der Waals surface area (Å²) in [5, 5.41) is 8.91. The zero-order chi connectivity index (χ0) is 18.1. The number of likely N-dealkylation sites (tertiary alicyclic amines) is 1. The predicted molar refractivity (Wildman–Crippen MR) is 97.1 cm³/mol. The molecule has 3 rings (SSSR count). The Morgan fingerprint density at radius 1 is 1.36 bits per heavy atom. The molecule has 2 aromatic rings. The van der Waals surface area contributed by atoms with E-state index in [1.807, 2.05) is 35.9 Å². The highest BCUT2D eigenvalue weighted by Gasteiger charge is 2.31. The lowest BCUT2D eigenvalue weighted by Crippen LogP contribution is -2.32. The maximum absolute atomic E-state index is 13.0. The fourth-order valence-corrected chi connectivity index (χ4v) is 3.79. The number of carbonyl (C=O) groups excluding carboxylic acids is 1. The van der Waals surface area contributed by atoms with Gasteiger partial charge in [0.15, 0.2) is 0 Å². The molecule has 6 nitrogen and oxygen atoms in total. The lowest BCUT2D eigenvalue weighted by atomic mass is 10.1. The number of carbonyl (C=O) groups is 1. The van der Waals surface area contributed by atoms with Gasteiger partial charge in [0.25, 0.3) is 0 Å². The van der Waals surface area contributed by atoms with Crippen LogP contribution in [-0.2, 0) is 24.8 Å². The molecule has 6 heteroatoms. The molecule has 0 N–H and O–H groups in total. The molecule has 0 spiro atoms. The van der Waals surface area contributed by atoms with Gasteiger partial charge < -0.3 is 4.90 Å². The molecule has 1 aliphatic rings. The van der Waals surface area contributed by atoms with Crippen molar-refractivity contribution >= 4 is 5.91 Å². The van der Waals surface area contributed by atoms with Crippen molar-refractivity contribution < 1.29 is 4.79 Å². The van der Waals surface area contributed by atoms with Gasteiger partial charge >= 0.3 is 0 Å². The topological polar surface area (TPSA) is 56.0 Å². The van der Waals surface area contributed by atoms with Crippen molar-refractivity contribution in [2.45, 2.75) is 59.5 Å². The Hall–Kier alpha value is -2.11. The van der Waals surface area contributed by atoms with Crippen LogP contribution >= 0.6 is 0 Å². The molecule has 3 heterocycles. The van der Waals surface area contributed by atoms with E-state index < -0.39 is 0 Å². The molecule has 0 radical (unpaired) electrons. The molecule has 2 aromatic heterocycles. The zero-order valence-electron chi connectivity index (χ0n) is 16.0. The van der Waals surface area contributed by atoms with Crippen molar-refractivity contribution in [1.29, 1.82) is 0 Å². The van der Waals surface area contributed by atoms with Crippen LogP contribution in [0.4, 0.5) is 0 Å². The molecular formula is C19H29N5O. The molecule has 1 atom stereocenters. The molecule has 0 aromatic carbocycles. The highest BCUT2D eigenvalue weighted by molar-refractivity contribution is 5.80. The van der Waals surface area contributed by atoms with Gasteiger partial charge in [-0.2, -0.15) is 10.2 Å². The van der Waals surface area contributed by atoms with E-state index in [-0.39, 0.29) is 11.9 Å². The highest BCUT2D eigenvalue weighted by atomic mass is 16.2. The van der Waals surface area contributed by atoms with Gasteiger partial charge in [-0.15, -0.1) is 0 Å². The SMILES string of the molecule is Cc1nn(CC(C)C)c(C)c1CC(=O)N1CCCC1c1cnn(C)c1. The molecule has 1 fully saturated rings. The first-order chi connectivity index (χ1) is 11.9. The standard InChI is InChI=1S/C19H29N5O/c1-13(2)11-24-15(4)17(14(3)21-24)9-19(25)23-8-6-7-18(23)16-10-20-22(5)12-16/h10,12-13,18H,6-9,11H2,1-5H3. The smallest absolute Gasteiger partial charge is 0.227 e. The molecule has 25 heavy (non-hydrogen) atoms. The maximum atomic E-state index is 13.0. The van der Waals surface area contributed by atoms with Crippen molar-refractivity contribution in [2.75, 3.05) is 6.54 Å². The molecule has 1 amide bonds. The van der Waals surface area contributed by atoms with Crippen LogP contribution in [0.5, 0.6) is 0 Å². The Bertz CT molecular complexity index is 758. The number of nitrogens with zero attached hydrogens (tertiary/aromatic N) is 5. The monoisotopic (exact) mass is 343 g/mol. The van der Waals surface area contributed by atoms with Crippen LogP contribution in [-0.4, -0.2) is 36.9 Å². The van der Waals surface area contributed by atoms with Gasteiger partial charge in [0.05, 0.1) is 24.4 Å². The number of aryl methyl sites for hydroxylation is 2. The quantitative estimate of drug-likeness (QED) is 0.839. The zero-order valence-corrected chi connectivity index (χ0v) is 16.0. The minimum absolute atomic E-state index is 0.160. The lowest BCUT2D eigenvalue weighted by molar-refractivity contribution is -0.131. The molecule has 1 unspecified atom stereocenters. The second-order valence-corrected chi connectivity index (χ2v) is 7.59. The van der Waals surface area contributed by atoms with E-state index in [9.17, 15) is 4.79 Å². The highest BCUT2D eigenvalue weighted by Crippen LogP contribution is 2.32. The van der Waals surface area contributed by atoms with E-state index in [0.29, 0.717) is 12.3 Å². The van der Waals surface area contributed by atoms with Crippen molar-refractivity contribution in [3.8, 4) is 0 Å². The maximum Gasteiger partial charge on any atom is 0.227 e. The summed E-state index contributed by atoms with van der Waals surface area (Å²) in [7, 11) is 1.92. The van der Waals surface area contributed by atoms with Gasteiger partial charge in [0, 0.05) is 43.2 Å². The van der Waals surface area contributed by atoms with Crippen molar-refractivity contribution in [1.82, 2.24) is 24.5 Å². The minimum atomic E-state index is 0.160. The number of hydrogen-bond donors (Lipinski definition) is 0. The summed E-state index contributed by atoms with van der Waals surface area (Å²) < 4.78 is 3.85. The van der Waals surface area contributed by atoms with E-state index in [1.54, 1.807) is 4.68 Å². The molecule has 1 aliphatic heterocycles. The van der Waals surface area contributed by atoms with Gasteiger partial charge in [0.1, 0.15) is 0 Å². The third-order valence-corrected chi connectivity index (χ3v) is 5.08. The van der Waals surface area contributed by atoms with Crippen LogP contribution in [0, 0.1) is 19.8 Å². The molecule has 0 saturated carbocycles. The van der Waals surface area contributed by atoms with E-state index in [4.69, 9.17) is 0 Å². The van der Waals surface area contributed by atoms with Crippen LogP contribution < -0.4 is 0 Å². The van der Waals surface area contributed by atoms with Crippen LogP contribution in [0.2, 0.25) is 0 Å². The number of rotatable bonds is 5. The van der Waals surface area contributed by atoms with Gasteiger partial charge in [0.2, 0.25) is 5.91 Å². The Balaban J connectivity index is 1.77. The summed E-state index contributed by atoms with van der Waals surface area (Å²) in [5.74, 6) is 0.733. The van der Waals surface area contributed by atoms with Gasteiger partial charge in [-0.05, 0) is 32.6 Å². The third kappa shape index (κ3) is 3.62. The van der Waals surface area contributed by atoms with E-state index in [0.717, 1.165) is 48.4 Å². The van der Waals surface area contributed by atoms with Crippen LogP contribution in [0.25, 0.3) is 0 Å². The van der Waals surface area contributed by atoms with Crippen molar-refractivity contribution in [2.24, 2.45) is 13.0 Å². The first-order valence-corrected chi connectivity index (χ1v) is 9.17. The predicted octanol–water partition coefficient (Wildman–Crippen LogP) is 2.80. The fraction of sp³-hybridized carbons (Fsp3) is 0.632. The molecular weight excluding hydrogens is 314 g/mol. The van der Waals surface area contributed by atoms with Crippen LogP contribution in [0.3, 0.4) is 0 Å². The number of amides is 1. The van der Waals surface area contributed by atoms with E-state index in [2.05, 4.69) is 31.0 Å². The Kier molecular flexibility index (Phi) is 4.97. The van der Waals surface area contributed by atoms with Crippen LogP contribution in [0.15, 0.2) is 12.4 Å². The molecule has 136 valence electrons. The summed E-state index contributed by atoms with van der Waals surface area (Å²) in [6.45, 7) is 10.2. The summed E-state index contributed by atoms with van der Waals surface area (Å²) in [6.07, 6.45) is 6.41. The largest absolute Gasteiger partial charge is 0.335 e. The van der Waals surface area contributed by atoms with Crippen LogP contribution in [0.1, 0.15) is 55.2 Å². The average molecular weight is 343 g/mol. The van der Waals surface area contributed by atoms with Gasteiger partial charge in [-0.3, -0.25) is 14.2 Å². The fourth-order valence-electron chi connectivity index (χ4n) is 3.79. The van der Waals surface area contributed by atoms with Gasteiger partial charge in [-0.25, -0.2) is 0 Å². The molecule has 0 aliphatic carbocycles. The van der Waals surface area contributed by atoms with Crippen molar-refractivity contribution in [3.63, 3.8) is 0 Å². The Morgan fingerprint density at radius 3 is 2.76 bits per heavy atom. The Morgan fingerprint density at radius 2 is 2.12 bits per heavy atom. The van der Waals surface area contributed by atoms with E-state index >= 15 is 0 Å². The minimum Gasteiger partial charge on any atom is -0.335 e. The lowest BCUT2D eigenvalue weighted by Gasteiger charge is -2.24. The average Bonchev–Trinajstić information content (AvgIpc) is 3.23. The molecule has 1 saturated heterocycles. The summed E-state index contributed by atoms with van der Waals surface area (Å²) in [4.78, 5) is 15.0. The second kappa shape index (κ2) is 7.02. The number of hydrogen-bond acceptors (Lipinski definition) is 3. The summed E-state index contributed by atoms with van der Waals surface area (Å²) in [6, 6.07) is 0.160. The normalized spacial score (nSPS) is 17.7. The van der Waals surface area contributed by atoms with Crippen molar-refractivity contribution in [3.05, 3.63) is 34.9 Å². The summed E-state index contributed by atoms with van der Waals surface area (Å²) in [5.41, 5.74) is 4.32. The molecule has 0 bridgehead atoms. The second-order valence-electron chi connectivity index (χ2n) is 7.59. The first kappa shape index (κ1) is 17.7. The first-order valence-electron chi connectivity index (χ1n) is 9.17. The number of aromatic nitrogens is 4. The van der Waals surface area contributed by atoms with Gasteiger partial charge in [-0.1, -0.05) is 13.8 Å². The Labute approximate surface area is 149 Å². The third-order valence-electron chi connectivity index (χ3n) is 5.08. The van der Waals surface area contributed by atoms with E-state index in [1.165, 1.54) is 0 Å². The summed E-state index contributed by atoms with van der Waals surface area (Å²) >= 11 is 0.